The lowest BCUT2D eigenvalue weighted by molar-refractivity contribution is -0.159. The van der Waals surface area contributed by atoms with Gasteiger partial charge in [-0.05, 0) is 145 Å². The lowest BCUT2D eigenvalue weighted by Gasteiger charge is -2.24. The molecule has 0 aliphatic rings. The van der Waals surface area contributed by atoms with E-state index in [1.165, 1.54) is 0 Å². The second kappa shape index (κ2) is 27.7. The van der Waals surface area contributed by atoms with Crippen molar-refractivity contribution in [3.05, 3.63) is 129 Å². The van der Waals surface area contributed by atoms with E-state index in [0.717, 1.165) is 11.1 Å². The first-order valence-electron chi connectivity index (χ1n) is 20.3. The number of ether oxygens (including phenoxy) is 5. The number of carbonyl (C=O) groups is 5. The van der Waals surface area contributed by atoms with Crippen molar-refractivity contribution in [2.45, 2.75) is 85.5 Å². The topological polar surface area (TPSA) is 194 Å². The van der Waals surface area contributed by atoms with Crippen LogP contribution < -0.4 is 31.2 Å². The van der Waals surface area contributed by atoms with Gasteiger partial charge in [-0.1, -0.05) is 54.9 Å². The predicted molar refractivity (Wildman–Crippen MR) is 256 cm³/mol. The quantitative estimate of drug-likeness (QED) is 0.0400. The number of amides is 3. The standard InChI is InChI=1S/C26H33ClN2O6.C21H25ClN2O4.CH4.ClH/c1-25(2,3)35-24(32)29-16-17-33-23(31)26(4,5)34-21-12-6-18(7-13-21)14-15-28-22(30)19-8-10-20(27)11-9-19;1-21(2,20(26)27-14-12-23)28-18-9-3-15(4-10-18)11-13-24-19(25)16-5-7-17(22)8-6-16;;/h6-13H,14-17H2,1-5H3,(H,28,30)(H,29,32);3-10H,11-14,23H2,1-2H3,(H,24,25);1H4;1H. The van der Waals surface area contributed by atoms with Crippen LogP contribution in [0.2, 0.25) is 10.0 Å². The molecule has 5 N–H and O–H groups in total. The Bertz CT molecular complexity index is 2090. The highest BCUT2D eigenvalue weighted by atomic mass is 35.5. The zero-order valence-electron chi connectivity index (χ0n) is 37.2. The maximum atomic E-state index is 12.4. The highest BCUT2D eigenvalue weighted by Gasteiger charge is 2.33. The van der Waals surface area contributed by atoms with E-state index in [1.807, 2.05) is 24.3 Å². The number of benzene rings is 4. The van der Waals surface area contributed by atoms with Crippen LogP contribution in [0.1, 0.15) is 87.7 Å². The summed E-state index contributed by atoms with van der Waals surface area (Å²) in [6, 6.07) is 28.1. The molecule has 4 aromatic carbocycles. The summed E-state index contributed by atoms with van der Waals surface area (Å²) in [5.41, 5.74) is 5.56. The number of halogens is 3. The normalized spacial score (nSPS) is 10.9. The van der Waals surface area contributed by atoms with E-state index >= 15 is 0 Å². The van der Waals surface area contributed by atoms with Gasteiger partial charge in [0.15, 0.2) is 11.2 Å². The Hall–Kier alpha value is -5.54. The molecule has 0 bridgehead atoms. The van der Waals surface area contributed by atoms with Gasteiger partial charge in [0.1, 0.15) is 30.3 Å². The number of alkyl carbamates (subject to hydrolysis) is 1. The molecular formula is C48H63Cl3N4O10. The Labute approximate surface area is 398 Å². The zero-order chi connectivity index (χ0) is 46.6. The molecule has 4 aromatic rings. The van der Waals surface area contributed by atoms with E-state index in [9.17, 15) is 24.0 Å². The summed E-state index contributed by atoms with van der Waals surface area (Å²) in [6.45, 7) is 13.3. The molecule has 14 nitrogen and oxygen atoms in total. The molecule has 17 heteroatoms. The van der Waals surface area contributed by atoms with Gasteiger partial charge in [-0.15, -0.1) is 12.4 Å². The molecule has 0 saturated carbocycles. The van der Waals surface area contributed by atoms with Crippen LogP contribution in [-0.4, -0.2) is 86.0 Å². The molecular weight excluding hydrogens is 899 g/mol. The number of hydrogen-bond acceptors (Lipinski definition) is 11. The summed E-state index contributed by atoms with van der Waals surface area (Å²) in [6.07, 6.45) is 0.728. The molecule has 0 heterocycles. The third-order valence-electron chi connectivity index (χ3n) is 8.54. The summed E-state index contributed by atoms with van der Waals surface area (Å²) >= 11 is 11.7. The van der Waals surface area contributed by atoms with Gasteiger partial charge >= 0.3 is 18.0 Å². The largest absolute Gasteiger partial charge is 0.476 e. The molecule has 0 radical (unpaired) electrons. The van der Waals surface area contributed by atoms with Crippen molar-refractivity contribution < 1.29 is 47.7 Å². The van der Waals surface area contributed by atoms with Crippen LogP contribution in [0.3, 0.4) is 0 Å². The molecule has 3 amide bonds. The lowest BCUT2D eigenvalue weighted by Crippen LogP contribution is -2.41. The summed E-state index contributed by atoms with van der Waals surface area (Å²) in [4.78, 5) is 60.2. The molecule has 0 spiro atoms. The van der Waals surface area contributed by atoms with Crippen molar-refractivity contribution in [2.24, 2.45) is 5.73 Å². The summed E-state index contributed by atoms with van der Waals surface area (Å²) in [5, 5.41) is 9.44. The second-order valence-corrected chi connectivity index (χ2v) is 16.9. The fraction of sp³-hybridized carbons (Fsp3) is 0.396. The van der Waals surface area contributed by atoms with Crippen LogP contribution in [0.4, 0.5) is 4.79 Å². The van der Waals surface area contributed by atoms with Crippen LogP contribution in [0, 0.1) is 0 Å². The average molecular weight is 962 g/mol. The van der Waals surface area contributed by atoms with Crippen LogP contribution in [-0.2, 0) is 36.6 Å². The van der Waals surface area contributed by atoms with Gasteiger partial charge in [-0.2, -0.15) is 0 Å². The number of nitrogens with two attached hydrogens (primary N) is 1. The van der Waals surface area contributed by atoms with E-state index in [2.05, 4.69) is 16.0 Å². The minimum absolute atomic E-state index is 0. The van der Waals surface area contributed by atoms with Gasteiger partial charge in [0.2, 0.25) is 0 Å². The number of nitrogens with one attached hydrogen (secondary N) is 3. The third-order valence-corrected chi connectivity index (χ3v) is 9.05. The number of rotatable bonds is 19. The Balaban J connectivity index is 0.000000645. The molecule has 0 aromatic heterocycles. The predicted octanol–water partition coefficient (Wildman–Crippen LogP) is 8.57. The Morgan fingerprint density at radius 2 is 0.908 bits per heavy atom. The second-order valence-electron chi connectivity index (χ2n) is 16.0. The molecule has 0 saturated heterocycles. The van der Waals surface area contributed by atoms with Crippen molar-refractivity contribution in [1.82, 2.24) is 16.0 Å². The number of hydrogen-bond donors (Lipinski definition) is 4. The van der Waals surface area contributed by atoms with Gasteiger partial charge in [0, 0.05) is 40.8 Å². The van der Waals surface area contributed by atoms with Crippen molar-refractivity contribution in [3.63, 3.8) is 0 Å². The van der Waals surface area contributed by atoms with Crippen LogP contribution >= 0.6 is 35.6 Å². The molecule has 0 aliphatic carbocycles. The fourth-order valence-electron chi connectivity index (χ4n) is 5.28. The fourth-order valence-corrected chi connectivity index (χ4v) is 5.53. The monoisotopic (exact) mass is 960 g/mol. The third kappa shape index (κ3) is 21.8. The van der Waals surface area contributed by atoms with Crippen molar-refractivity contribution in [2.75, 3.05) is 39.4 Å². The maximum Gasteiger partial charge on any atom is 0.407 e. The Kier molecular flexibility index (Phi) is 24.5. The van der Waals surface area contributed by atoms with E-state index in [0.29, 0.717) is 58.6 Å². The SMILES string of the molecule is C.CC(C)(C)OC(=O)NCCOC(=O)C(C)(C)Oc1ccc(CCNC(=O)c2ccc(Cl)cc2)cc1.CC(C)(Oc1ccc(CCNC(=O)c2ccc(Cl)cc2)cc1)C(=O)OCCN.Cl. The van der Waals surface area contributed by atoms with E-state index < -0.39 is 34.8 Å². The minimum Gasteiger partial charge on any atom is -0.476 e. The summed E-state index contributed by atoms with van der Waals surface area (Å²) < 4.78 is 26.9. The highest BCUT2D eigenvalue weighted by molar-refractivity contribution is 6.31. The van der Waals surface area contributed by atoms with Gasteiger partial charge in [0.05, 0.1) is 6.54 Å². The molecule has 0 atom stereocenters. The Morgan fingerprint density at radius 3 is 1.26 bits per heavy atom. The maximum absolute atomic E-state index is 12.4. The molecule has 4 rings (SSSR count). The highest BCUT2D eigenvalue weighted by Crippen LogP contribution is 2.22. The van der Waals surface area contributed by atoms with Crippen LogP contribution in [0.25, 0.3) is 0 Å². The van der Waals surface area contributed by atoms with Crippen LogP contribution in [0.5, 0.6) is 11.5 Å². The van der Waals surface area contributed by atoms with Gasteiger partial charge < -0.3 is 45.4 Å². The Morgan fingerprint density at radius 1 is 0.538 bits per heavy atom. The number of esters is 2. The average Bonchev–Trinajstić information content (AvgIpc) is 3.22. The van der Waals surface area contributed by atoms with Gasteiger partial charge in [-0.3, -0.25) is 9.59 Å². The summed E-state index contributed by atoms with van der Waals surface area (Å²) in [7, 11) is 0. The zero-order valence-corrected chi connectivity index (χ0v) is 39.5. The first-order valence-corrected chi connectivity index (χ1v) is 21.1. The van der Waals surface area contributed by atoms with Gasteiger partial charge in [-0.25, -0.2) is 14.4 Å². The smallest absolute Gasteiger partial charge is 0.407 e. The van der Waals surface area contributed by atoms with Crippen molar-refractivity contribution in [1.29, 1.82) is 0 Å². The molecule has 0 aliphatic heterocycles. The van der Waals surface area contributed by atoms with E-state index in [1.54, 1.807) is 121 Å². The first kappa shape index (κ1) is 57.5. The van der Waals surface area contributed by atoms with E-state index in [-0.39, 0.29) is 58.0 Å². The van der Waals surface area contributed by atoms with Gasteiger partial charge in [0.25, 0.3) is 11.8 Å². The van der Waals surface area contributed by atoms with Crippen LogP contribution in [0.15, 0.2) is 97.1 Å². The molecule has 356 valence electrons. The summed E-state index contributed by atoms with van der Waals surface area (Å²) in [5.74, 6) is -0.265. The number of carbonyl (C=O) groups excluding carboxylic acids is 5. The first-order chi connectivity index (χ1) is 29.7. The van der Waals surface area contributed by atoms with E-state index in [4.69, 9.17) is 52.6 Å². The van der Waals surface area contributed by atoms with Crippen molar-refractivity contribution >= 4 is 65.5 Å². The molecule has 65 heavy (non-hydrogen) atoms. The van der Waals surface area contributed by atoms with Crippen molar-refractivity contribution in [3.8, 4) is 11.5 Å². The lowest BCUT2D eigenvalue weighted by atomic mass is 10.1. The molecule has 0 fully saturated rings. The minimum atomic E-state index is -1.22. The molecule has 0 unspecified atom stereocenters.